The Kier molecular flexibility index (Phi) is 7.94. The third-order valence-corrected chi connectivity index (χ3v) is 3.75. The van der Waals surface area contributed by atoms with E-state index in [0.717, 1.165) is 0 Å². The van der Waals surface area contributed by atoms with E-state index in [4.69, 9.17) is 32.7 Å². The summed E-state index contributed by atoms with van der Waals surface area (Å²) >= 11 is 11.9. The fourth-order valence-corrected chi connectivity index (χ4v) is 2.78. The Morgan fingerprint density at radius 1 is 1.17 bits per heavy atom. The molecule has 1 rings (SSSR count). The van der Waals surface area contributed by atoms with Gasteiger partial charge in [-0.3, -0.25) is 19.7 Å². The van der Waals surface area contributed by atoms with Crippen molar-refractivity contribution in [3.63, 3.8) is 0 Å². The number of benzene rings is 1. The number of carbonyl (C=O) groups is 2. The summed E-state index contributed by atoms with van der Waals surface area (Å²) in [7, 11) is 0. The van der Waals surface area contributed by atoms with Gasteiger partial charge in [0.2, 0.25) is 6.54 Å². The summed E-state index contributed by atoms with van der Waals surface area (Å²) < 4.78 is 9.78. The Labute approximate surface area is 149 Å². The quantitative estimate of drug-likeness (QED) is 0.299. The fraction of sp³-hybridized carbons (Fsp3) is 0.467. The zero-order valence-electron chi connectivity index (χ0n) is 13.2. The molecule has 0 aliphatic heterocycles. The topological polar surface area (TPSA) is 95.7 Å². The number of nitrogens with zero attached hydrogens (tertiary/aromatic N) is 1. The third-order valence-electron chi connectivity index (χ3n) is 3.19. The lowest BCUT2D eigenvalue weighted by Crippen LogP contribution is -2.36. The summed E-state index contributed by atoms with van der Waals surface area (Å²) in [5, 5.41) is 11.5. The predicted molar refractivity (Wildman–Crippen MR) is 87.8 cm³/mol. The lowest BCUT2D eigenvalue weighted by molar-refractivity contribution is -0.484. The Hall–Kier alpha value is -1.86. The van der Waals surface area contributed by atoms with Crippen LogP contribution in [0.2, 0.25) is 10.0 Å². The number of esters is 2. The highest BCUT2D eigenvalue weighted by Gasteiger charge is 2.42. The minimum Gasteiger partial charge on any atom is -0.465 e. The maximum Gasteiger partial charge on any atom is 0.321 e. The van der Waals surface area contributed by atoms with Crippen LogP contribution < -0.4 is 0 Å². The van der Waals surface area contributed by atoms with Gasteiger partial charge >= 0.3 is 11.9 Å². The minimum absolute atomic E-state index is 0.0221. The van der Waals surface area contributed by atoms with Gasteiger partial charge in [0.15, 0.2) is 5.92 Å². The van der Waals surface area contributed by atoms with Crippen molar-refractivity contribution in [2.75, 3.05) is 19.8 Å². The Morgan fingerprint density at radius 3 is 2.12 bits per heavy atom. The molecule has 1 atom stereocenters. The molecule has 7 nitrogen and oxygen atoms in total. The first-order valence-electron chi connectivity index (χ1n) is 7.21. The molecule has 0 saturated heterocycles. The molecule has 1 aromatic rings. The molecule has 0 heterocycles. The van der Waals surface area contributed by atoms with E-state index in [1.165, 1.54) is 18.2 Å². The molecule has 0 bridgehead atoms. The van der Waals surface area contributed by atoms with Gasteiger partial charge in [0, 0.05) is 15.0 Å². The minimum atomic E-state index is -1.49. The molecule has 0 N–H and O–H groups in total. The summed E-state index contributed by atoms with van der Waals surface area (Å²) in [5.41, 5.74) is 0.254. The van der Waals surface area contributed by atoms with Crippen LogP contribution in [0, 0.1) is 16.0 Å². The van der Waals surface area contributed by atoms with Gasteiger partial charge in [-0.25, -0.2) is 0 Å². The molecule has 0 spiro atoms. The van der Waals surface area contributed by atoms with Crippen molar-refractivity contribution >= 4 is 35.1 Å². The summed E-state index contributed by atoms with van der Waals surface area (Å²) in [6, 6.07) is 4.31. The van der Waals surface area contributed by atoms with E-state index >= 15 is 0 Å². The Morgan fingerprint density at radius 2 is 1.71 bits per heavy atom. The van der Waals surface area contributed by atoms with Gasteiger partial charge in [-0.2, -0.15) is 0 Å². The molecular weight excluding hydrogens is 361 g/mol. The lowest BCUT2D eigenvalue weighted by Gasteiger charge is -2.22. The average Bonchev–Trinajstić information content (AvgIpc) is 2.46. The molecular formula is C15H17Cl2NO6. The highest BCUT2D eigenvalue weighted by atomic mass is 35.5. The summed E-state index contributed by atoms with van der Waals surface area (Å²) in [4.78, 5) is 34.9. The van der Waals surface area contributed by atoms with E-state index < -0.39 is 35.2 Å². The van der Waals surface area contributed by atoms with Crippen molar-refractivity contribution in [1.29, 1.82) is 0 Å². The van der Waals surface area contributed by atoms with Crippen LogP contribution in [0.3, 0.4) is 0 Å². The van der Waals surface area contributed by atoms with Gasteiger partial charge in [-0.05, 0) is 31.5 Å². The smallest absolute Gasteiger partial charge is 0.321 e. The van der Waals surface area contributed by atoms with E-state index in [1.807, 2.05) is 0 Å². The van der Waals surface area contributed by atoms with E-state index in [2.05, 4.69) is 0 Å². The van der Waals surface area contributed by atoms with Gasteiger partial charge in [0.25, 0.3) is 0 Å². The molecule has 24 heavy (non-hydrogen) atoms. The summed E-state index contributed by atoms with van der Waals surface area (Å²) in [5.74, 6) is -4.42. The van der Waals surface area contributed by atoms with Crippen LogP contribution in [0.1, 0.15) is 25.3 Å². The Balaban J connectivity index is 3.37. The first kappa shape index (κ1) is 20.2. The second kappa shape index (κ2) is 9.44. The number of hydrogen-bond acceptors (Lipinski definition) is 6. The number of nitro groups is 1. The van der Waals surface area contributed by atoms with Crippen molar-refractivity contribution < 1.29 is 24.0 Å². The van der Waals surface area contributed by atoms with Gasteiger partial charge in [-0.1, -0.05) is 29.3 Å². The average molecular weight is 378 g/mol. The van der Waals surface area contributed by atoms with Crippen LogP contribution in [0.25, 0.3) is 0 Å². The van der Waals surface area contributed by atoms with Gasteiger partial charge in [0.05, 0.1) is 19.1 Å². The number of ether oxygens (including phenoxy) is 2. The van der Waals surface area contributed by atoms with Crippen LogP contribution in [-0.2, 0) is 19.1 Å². The van der Waals surface area contributed by atoms with Crippen molar-refractivity contribution in [2.45, 2.75) is 19.8 Å². The van der Waals surface area contributed by atoms with Crippen LogP contribution >= 0.6 is 23.2 Å². The highest BCUT2D eigenvalue weighted by molar-refractivity contribution is 6.35. The van der Waals surface area contributed by atoms with E-state index in [0.29, 0.717) is 5.02 Å². The second-order valence-electron chi connectivity index (χ2n) is 4.77. The van der Waals surface area contributed by atoms with E-state index in [1.54, 1.807) is 13.8 Å². The first-order chi connectivity index (χ1) is 11.3. The Bertz CT molecular complexity index is 604. The van der Waals surface area contributed by atoms with Crippen molar-refractivity contribution in [3.8, 4) is 0 Å². The van der Waals surface area contributed by atoms with Crippen LogP contribution in [0.15, 0.2) is 18.2 Å². The SMILES string of the molecule is CCOC(=O)C(C(=O)OCC)[C@H](C[N+](=O)[O-])c1ccc(Cl)cc1Cl. The molecule has 0 radical (unpaired) electrons. The van der Waals surface area contributed by atoms with Crippen molar-refractivity contribution in [2.24, 2.45) is 5.92 Å². The molecule has 132 valence electrons. The molecule has 1 aromatic carbocycles. The summed E-state index contributed by atoms with van der Waals surface area (Å²) in [6.07, 6.45) is 0. The molecule has 0 aliphatic rings. The number of rotatable bonds is 8. The van der Waals surface area contributed by atoms with Crippen LogP contribution in [-0.4, -0.2) is 36.6 Å². The molecule has 0 aromatic heterocycles. The van der Waals surface area contributed by atoms with Gasteiger partial charge in [-0.15, -0.1) is 0 Å². The molecule has 0 amide bonds. The van der Waals surface area contributed by atoms with E-state index in [-0.39, 0.29) is 23.8 Å². The molecule has 0 aliphatic carbocycles. The standard InChI is InChI=1S/C15H17Cl2NO6/c1-3-23-14(19)13(15(20)24-4-2)11(8-18(21)22)10-6-5-9(16)7-12(10)17/h5-7,11,13H,3-4,8H2,1-2H3/t11-/m1/s1. The lowest BCUT2D eigenvalue weighted by atomic mass is 9.85. The maximum atomic E-state index is 12.2. The fourth-order valence-electron chi connectivity index (χ4n) is 2.23. The first-order valence-corrected chi connectivity index (χ1v) is 7.97. The maximum absolute atomic E-state index is 12.2. The number of halogens is 2. The summed E-state index contributed by atoms with van der Waals surface area (Å²) in [6.45, 7) is 2.49. The molecule has 0 unspecified atom stereocenters. The third kappa shape index (κ3) is 5.35. The molecule has 0 fully saturated rings. The second-order valence-corrected chi connectivity index (χ2v) is 5.61. The number of carbonyl (C=O) groups excluding carboxylic acids is 2. The highest BCUT2D eigenvalue weighted by Crippen LogP contribution is 2.34. The van der Waals surface area contributed by atoms with Crippen LogP contribution in [0.5, 0.6) is 0 Å². The zero-order valence-corrected chi connectivity index (χ0v) is 14.7. The van der Waals surface area contributed by atoms with Crippen molar-refractivity contribution in [1.82, 2.24) is 0 Å². The van der Waals surface area contributed by atoms with Gasteiger partial charge in [0.1, 0.15) is 0 Å². The zero-order chi connectivity index (χ0) is 18.3. The molecule has 0 saturated carbocycles. The largest absolute Gasteiger partial charge is 0.465 e. The monoisotopic (exact) mass is 377 g/mol. The van der Waals surface area contributed by atoms with Gasteiger partial charge < -0.3 is 9.47 Å². The predicted octanol–water partition coefficient (Wildman–Crippen LogP) is 3.10. The molecule has 9 heteroatoms. The van der Waals surface area contributed by atoms with Crippen molar-refractivity contribution in [3.05, 3.63) is 43.9 Å². The van der Waals surface area contributed by atoms with Crippen LogP contribution in [0.4, 0.5) is 0 Å². The normalized spacial score (nSPS) is 11.9. The van der Waals surface area contributed by atoms with E-state index in [9.17, 15) is 19.7 Å². The number of hydrogen-bond donors (Lipinski definition) is 0.